The van der Waals surface area contributed by atoms with Gasteiger partial charge >= 0.3 is 5.97 Å². The van der Waals surface area contributed by atoms with E-state index in [9.17, 15) is 14.0 Å². The van der Waals surface area contributed by atoms with Crippen molar-refractivity contribution in [3.8, 4) is 11.5 Å². The highest BCUT2D eigenvalue weighted by molar-refractivity contribution is 9.10. The first-order valence-electron chi connectivity index (χ1n) is 10.6. The van der Waals surface area contributed by atoms with Crippen LogP contribution in [-0.4, -0.2) is 26.0 Å². The molecule has 2 aliphatic rings. The smallest absolute Gasteiger partial charge is 0.340 e. The van der Waals surface area contributed by atoms with Crippen LogP contribution in [0.5, 0.6) is 11.5 Å². The number of benzene rings is 2. The molecular weight excluding hydrogens is 509 g/mol. The van der Waals surface area contributed by atoms with Gasteiger partial charge in [0.2, 0.25) is 5.88 Å². The molecule has 0 radical (unpaired) electrons. The molecule has 1 atom stereocenters. The molecule has 0 unspecified atom stereocenters. The number of halogens is 2. The second-order valence-corrected chi connectivity index (χ2v) is 8.69. The minimum absolute atomic E-state index is 0.0215. The SMILES string of the molecule is COC(=O)C1=C(N)OC2=C(C(=O)CCC2)[C@H]1c1cc(Br)c(OCc2ccccc2F)c(OC)c1. The summed E-state index contributed by atoms with van der Waals surface area (Å²) in [6.07, 6.45) is 1.52. The number of hydrogen-bond acceptors (Lipinski definition) is 7. The molecule has 9 heteroatoms. The van der Waals surface area contributed by atoms with Crippen LogP contribution in [0.2, 0.25) is 0 Å². The molecule has 4 rings (SSSR count). The maximum atomic E-state index is 14.0. The molecule has 0 saturated heterocycles. The van der Waals surface area contributed by atoms with Crippen LogP contribution in [0.4, 0.5) is 4.39 Å². The second-order valence-electron chi connectivity index (χ2n) is 7.83. The number of rotatable bonds is 6. The molecule has 0 spiro atoms. The first kappa shape index (κ1) is 23.8. The van der Waals surface area contributed by atoms with Gasteiger partial charge in [-0.15, -0.1) is 0 Å². The fourth-order valence-electron chi connectivity index (χ4n) is 4.21. The van der Waals surface area contributed by atoms with Crippen LogP contribution in [0.25, 0.3) is 0 Å². The van der Waals surface area contributed by atoms with Crippen LogP contribution in [0, 0.1) is 5.82 Å². The van der Waals surface area contributed by atoms with Gasteiger partial charge in [0.05, 0.1) is 24.6 Å². The summed E-state index contributed by atoms with van der Waals surface area (Å²) in [6, 6.07) is 9.70. The highest BCUT2D eigenvalue weighted by atomic mass is 79.9. The van der Waals surface area contributed by atoms with Crippen molar-refractivity contribution in [3.63, 3.8) is 0 Å². The third-order valence-corrected chi connectivity index (χ3v) is 6.39. The summed E-state index contributed by atoms with van der Waals surface area (Å²) in [7, 11) is 2.70. The normalized spacial score (nSPS) is 17.8. The topological polar surface area (TPSA) is 97.1 Å². The highest BCUT2D eigenvalue weighted by Gasteiger charge is 2.41. The van der Waals surface area contributed by atoms with Gasteiger partial charge in [-0.1, -0.05) is 18.2 Å². The van der Waals surface area contributed by atoms with Gasteiger partial charge in [0, 0.05) is 24.0 Å². The zero-order valence-electron chi connectivity index (χ0n) is 18.7. The number of esters is 1. The van der Waals surface area contributed by atoms with Crippen LogP contribution in [-0.2, 0) is 25.7 Å². The molecule has 2 aromatic rings. The van der Waals surface area contributed by atoms with Crippen molar-refractivity contribution in [2.75, 3.05) is 14.2 Å². The van der Waals surface area contributed by atoms with Crippen LogP contribution in [0.1, 0.15) is 36.3 Å². The van der Waals surface area contributed by atoms with E-state index in [4.69, 9.17) is 24.7 Å². The Kier molecular flexibility index (Phi) is 6.92. The number of nitrogens with two attached hydrogens (primary N) is 1. The molecule has 0 fully saturated rings. The zero-order valence-corrected chi connectivity index (χ0v) is 20.2. The van der Waals surface area contributed by atoms with Crippen molar-refractivity contribution in [1.29, 1.82) is 0 Å². The van der Waals surface area contributed by atoms with Crippen LogP contribution in [0.3, 0.4) is 0 Å². The third kappa shape index (κ3) is 4.40. The second kappa shape index (κ2) is 9.89. The Hall–Kier alpha value is -3.33. The standard InChI is InChI=1S/C25H23BrFNO6/c1-31-19-11-14(10-15(26)23(19)33-12-13-6-3-4-7-16(13)27)20-21-17(29)8-5-9-18(21)34-24(28)22(20)25(30)32-2/h3-4,6-7,10-11,20H,5,8-9,12,28H2,1-2H3/t20-/m1/s1. The molecule has 0 aromatic heterocycles. The van der Waals surface area contributed by atoms with Gasteiger partial charge < -0.3 is 24.7 Å². The average molecular weight is 532 g/mol. The Bertz CT molecular complexity index is 1220. The summed E-state index contributed by atoms with van der Waals surface area (Å²) in [4.78, 5) is 25.6. The molecule has 2 aromatic carbocycles. The lowest BCUT2D eigenvalue weighted by atomic mass is 9.77. The number of ether oxygens (including phenoxy) is 4. The lowest BCUT2D eigenvalue weighted by Crippen LogP contribution is -2.31. The van der Waals surface area contributed by atoms with E-state index < -0.39 is 11.9 Å². The van der Waals surface area contributed by atoms with Crippen molar-refractivity contribution < 1.29 is 32.9 Å². The molecule has 2 N–H and O–H groups in total. The number of methoxy groups -OCH3 is 2. The van der Waals surface area contributed by atoms with E-state index in [2.05, 4.69) is 15.9 Å². The number of ketones is 1. The Morgan fingerprint density at radius 2 is 2.00 bits per heavy atom. The van der Waals surface area contributed by atoms with Gasteiger partial charge in [0.25, 0.3) is 0 Å². The molecule has 34 heavy (non-hydrogen) atoms. The largest absolute Gasteiger partial charge is 0.493 e. The fourth-order valence-corrected chi connectivity index (χ4v) is 4.78. The monoisotopic (exact) mass is 531 g/mol. The van der Waals surface area contributed by atoms with Crippen molar-refractivity contribution in [3.05, 3.63) is 80.6 Å². The quantitative estimate of drug-likeness (QED) is 0.542. The molecular formula is C25H23BrFNO6. The lowest BCUT2D eigenvalue weighted by Gasteiger charge is -2.32. The van der Waals surface area contributed by atoms with E-state index in [0.29, 0.717) is 57.7 Å². The number of Topliss-reactive ketones (excluding diaryl/α,β-unsaturated/α-hetero) is 1. The van der Waals surface area contributed by atoms with Crippen molar-refractivity contribution in [1.82, 2.24) is 0 Å². The predicted molar refractivity (Wildman–Crippen MR) is 124 cm³/mol. The predicted octanol–water partition coefficient (Wildman–Crippen LogP) is 4.64. The maximum absolute atomic E-state index is 14.0. The van der Waals surface area contributed by atoms with E-state index in [1.54, 1.807) is 30.3 Å². The summed E-state index contributed by atoms with van der Waals surface area (Å²) < 4.78 is 36.6. The minimum atomic E-state index is -0.796. The molecule has 1 aliphatic carbocycles. The van der Waals surface area contributed by atoms with Crippen LogP contribution >= 0.6 is 15.9 Å². The Morgan fingerprint density at radius 1 is 1.24 bits per heavy atom. The number of carbonyl (C=O) groups excluding carboxylic acids is 2. The first-order valence-corrected chi connectivity index (χ1v) is 11.4. The summed E-state index contributed by atoms with van der Waals surface area (Å²) in [5.74, 6) is -0.938. The van der Waals surface area contributed by atoms with Crippen LogP contribution in [0.15, 0.2) is 63.7 Å². The molecule has 0 bridgehead atoms. The van der Waals surface area contributed by atoms with Crippen molar-refractivity contribution >= 4 is 27.7 Å². The summed E-state index contributed by atoms with van der Waals surface area (Å²) >= 11 is 3.50. The summed E-state index contributed by atoms with van der Waals surface area (Å²) in [6.45, 7) is -0.0215. The number of allylic oxidation sites excluding steroid dienone is 2. The fraction of sp³-hybridized carbons (Fsp3) is 0.280. The first-order chi connectivity index (χ1) is 16.3. The van der Waals surface area contributed by atoms with Gasteiger partial charge in [-0.25, -0.2) is 9.18 Å². The van der Waals surface area contributed by atoms with Gasteiger partial charge in [-0.3, -0.25) is 4.79 Å². The Labute approximate surface area is 204 Å². The highest BCUT2D eigenvalue weighted by Crippen LogP contribution is 2.47. The molecule has 7 nitrogen and oxygen atoms in total. The van der Waals surface area contributed by atoms with Gasteiger partial charge in [0.15, 0.2) is 17.3 Å². The van der Waals surface area contributed by atoms with E-state index in [1.807, 2.05) is 0 Å². The number of carbonyl (C=O) groups is 2. The summed E-state index contributed by atoms with van der Waals surface area (Å²) in [5.41, 5.74) is 7.49. The van der Waals surface area contributed by atoms with E-state index in [0.717, 1.165) is 0 Å². The Balaban J connectivity index is 1.78. The van der Waals surface area contributed by atoms with Gasteiger partial charge in [0.1, 0.15) is 23.8 Å². The molecule has 1 heterocycles. The number of hydrogen-bond donors (Lipinski definition) is 1. The minimum Gasteiger partial charge on any atom is -0.493 e. The average Bonchev–Trinajstić information content (AvgIpc) is 2.82. The molecule has 0 saturated carbocycles. The molecule has 1 aliphatic heterocycles. The van der Waals surface area contributed by atoms with Crippen molar-refractivity contribution in [2.24, 2.45) is 5.73 Å². The third-order valence-electron chi connectivity index (χ3n) is 5.80. The van der Waals surface area contributed by atoms with Gasteiger partial charge in [-0.05, 0) is 46.1 Å². The summed E-state index contributed by atoms with van der Waals surface area (Å²) in [5, 5.41) is 0. The van der Waals surface area contributed by atoms with E-state index in [1.165, 1.54) is 20.3 Å². The molecule has 0 amide bonds. The van der Waals surface area contributed by atoms with E-state index in [-0.39, 0.29) is 29.7 Å². The Morgan fingerprint density at radius 3 is 2.71 bits per heavy atom. The maximum Gasteiger partial charge on any atom is 0.340 e. The zero-order chi connectivity index (χ0) is 24.4. The lowest BCUT2D eigenvalue weighted by molar-refractivity contribution is -0.136. The van der Waals surface area contributed by atoms with Gasteiger partial charge in [-0.2, -0.15) is 0 Å². The van der Waals surface area contributed by atoms with Crippen molar-refractivity contribution in [2.45, 2.75) is 31.8 Å². The molecule has 178 valence electrons. The van der Waals surface area contributed by atoms with E-state index >= 15 is 0 Å². The van der Waals surface area contributed by atoms with Crippen LogP contribution < -0.4 is 15.2 Å².